The minimum atomic E-state index is -2.89. The average molecular weight is 403 g/mol. The quantitative estimate of drug-likeness (QED) is 0.742. The van der Waals surface area contributed by atoms with Gasteiger partial charge in [-0.25, -0.2) is 8.42 Å². The molecule has 2 atom stereocenters. The molecule has 136 valence electrons. The lowest BCUT2D eigenvalue weighted by Gasteiger charge is -2.13. The third kappa shape index (κ3) is 5.13. The third-order valence-corrected chi connectivity index (χ3v) is 6.66. The van der Waals surface area contributed by atoms with Crippen LogP contribution >= 0.6 is 23.8 Å². The minimum Gasteiger partial charge on any atom is -0.414 e. The Morgan fingerprint density at radius 2 is 2.12 bits per heavy atom. The first kappa shape index (κ1) is 18.6. The molecule has 1 saturated heterocycles. The highest BCUT2D eigenvalue weighted by Gasteiger charge is 2.29. The van der Waals surface area contributed by atoms with Crippen LogP contribution in [0.2, 0.25) is 5.02 Å². The number of hydrogen-bond donors (Lipinski definition) is 1. The molecule has 6 nitrogen and oxygen atoms in total. The summed E-state index contributed by atoms with van der Waals surface area (Å²) in [5.74, 6) is 1.06. The highest BCUT2D eigenvalue weighted by molar-refractivity contribution is 7.91. The van der Waals surface area contributed by atoms with Crippen molar-refractivity contribution in [1.82, 2.24) is 9.78 Å². The fourth-order valence-corrected chi connectivity index (χ4v) is 5.26. The molecule has 9 heteroatoms. The average Bonchev–Trinajstić information content (AvgIpc) is 3.04. The van der Waals surface area contributed by atoms with E-state index in [0.717, 1.165) is 11.6 Å². The van der Waals surface area contributed by atoms with E-state index in [9.17, 15) is 8.42 Å². The van der Waals surface area contributed by atoms with Gasteiger partial charge in [0.1, 0.15) is 6.54 Å². The van der Waals surface area contributed by atoms with Gasteiger partial charge in [-0.3, -0.25) is 0 Å². The molecule has 0 amide bonds. The second-order valence-corrected chi connectivity index (χ2v) is 9.67. The molecular weight excluding hydrogens is 382 g/mol. The van der Waals surface area contributed by atoms with Crippen molar-refractivity contribution in [3.05, 3.63) is 45.6 Å². The molecule has 0 aliphatic carbocycles. The van der Waals surface area contributed by atoms with Crippen molar-refractivity contribution in [2.75, 3.05) is 18.6 Å². The summed E-state index contributed by atoms with van der Waals surface area (Å²) in [6.07, 6.45) is 1.19. The van der Waals surface area contributed by atoms with E-state index in [1.807, 2.05) is 31.3 Å². The number of benzene rings is 1. The summed E-state index contributed by atoms with van der Waals surface area (Å²) in [7, 11) is -0.842. The Balaban J connectivity index is 1.60. The van der Waals surface area contributed by atoms with Crippen molar-refractivity contribution in [3.63, 3.8) is 0 Å². The number of quaternary nitrogens is 1. The van der Waals surface area contributed by atoms with Gasteiger partial charge < -0.3 is 9.32 Å². The molecule has 25 heavy (non-hydrogen) atoms. The van der Waals surface area contributed by atoms with E-state index in [1.165, 1.54) is 10.5 Å². The number of nitrogens with zero attached hydrogens (tertiary/aromatic N) is 2. The zero-order valence-electron chi connectivity index (χ0n) is 13.9. The lowest BCUT2D eigenvalue weighted by atomic mass is 10.1. The highest BCUT2D eigenvalue weighted by Crippen LogP contribution is 2.22. The van der Waals surface area contributed by atoms with Crippen LogP contribution in [0.1, 0.15) is 17.9 Å². The molecule has 1 unspecified atom stereocenters. The Morgan fingerprint density at radius 1 is 1.40 bits per heavy atom. The largest absolute Gasteiger partial charge is 0.414 e. The molecule has 0 spiro atoms. The molecule has 1 N–H and O–H groups in total. The fourth-order valence-electron chi connectivity index (χ4n) is 3.07. The van der Waals surface area contributed by atoms with Crippen LogP contribution in [-0.4, -0.2) is 36.8 Å². The smallest absolute Gasteiger partial charge is 0.291 e. The van der Waals surface area contributed by atoms with E-state index in [0.29, 0.717) is 30.2 Å². The topological polar surface area (TPSA) is 69.5 Å². The van der Waals surface area contributed by atoms with Crippen molar-refractivity contribution in [2.24, 2.45) is 5.92 Å². The van der Waals surface area contributed by atoms with E-state index in [2.05, 4.69) is 5.10 Å². The van der Waals surface area contributed by atoms with Gasteiger partial charge in [0.25, 0.3) is 4.84 Å². The van der Waals surface area contributed by atoms with Crippen LogP contribution in [0, 0.1) is 10.8 Å². The van der Waals surface area contributed by atoms with Gasteiger partial charge in [0.2, 0.25) is 5.89 Å². The maximum absolute atomic E-state index is 11.6. The van der Waals surface area contributed by atoms with Crippen molar-refractivity contribution < 1.29 is 17.7 Å². The first-order valence-corrected chi connectivity index (χ1v) is 10.7. The summed E-state index contributed by atoms with van der Waals surface area (Å²) < 4.78 is 30.3. The van der Waals surface area contributed by atoms with Gasteiger partial charge in [-0.15, -0.1) is 5.10 Å². The Labute approximate surface area is 157 Å². The molecule has 0 bridgehead atoms. The van der Waals surface area contributed by atoms with E-state index in [1.54, 1.807) is 4.68 Å². The molecule has 2 aromatic rings. The summed E-state index contributed by atoms with van der Waals surface area (Å²) in [4.78, 5) is 1.52. The number of nitrogens with one attached hydrogen (secondary N) is 1. The number of halogens is 1. The van der Waals surface area contributed by atoms with Gasteiger partial charge in [0.05, 0.1) is 18.6 Å². The molecule has 1 aliphatic heterocycles. The number of aromatic nitrogens is 2. The molecule has 1 aromatic carbocycles. The lowest BCUT2D eigenvalue weighted by Crippen LogP contribution is -3.07. The molecule has 0 saturated carbocycles. The maximum Gasteiger partial charge on any atom is 0.291 e. The van der Waals surface area contributed by atoms with Crippen LogP contribution in [0.4, 0.5) is 0 Å². The van der Waals surface area contributed by atoms with Crippen molar-refractivity contribution >= 4 is 33.7 Å². The second kappa shape index (κ2) is 7.57. The Morgan fingerprint density at radius 3 is 2.76 bits per heavy atom. The van der Waals surface area contributed by atoms with E-state index >= 15 is 0 Å². The summed E-state index contributed by atoms with van der Waals surface area (Å²) in [6, 6.07) is 7.75. The fraction of sp³-hybridized carbons (Fsp3) is 0.500. The summed E-state index contributed by atoms with van der Waals surface area (Å²) in [5, 5.41) is 5.15. The zero-order chi connectivity index (χ0) is 18.0. The summed E-state index contributed by atoms with van der Waals surface area (Å²) in [5.41, 5.74) is 1.17. The molecule has 1 aromatic heterocycles. The van der Waals surface area contributed by atoms with Crippen LogP contribution in [0.5, 0.6) is 0 Å². The Bertz CT molecular complexity index is 890. The number of sulfone groups is 1. The third-order valence-electron chi connectivity index (χ3n) is 4.28. The lowest BCUT2D eigenvalue weighted by molar-refractivity contribution is -0.917. The van der Waals surface area contributed by atoms with Crippen molar-refractivity contribution in [2.45, 2.75) is 26.1 Å². The van der Waals surface area contributed by atoms with E-state index in [4.69, 9.17) is 28.2 Å². The van der Waals surface area contributed by atoms with Gasteiger partial charge in [-0.1, -0.05) is 23.7 Å². The van der Waals surface area contributed by atoms with Gasteiger partial charge in [0, 0.05) is 17.0 Å². The first-order valence-electron chi connectivity index (χ1n) is 8.14. The molecule has 1 fully saturated rings. The Hall–Kier alpha value is -1.22. The number of hydrogen-bond acceptors (Lipinski definition) is 5. The predicted molar refractivity (Wildman–Crippen MR) is 97.8 cm³/mol. The van der Waals surface area contributed by atoms with Gasteiger partial charge in [-0.2, -0.15) is 4.68 Å². The molecule has 3 rings (SSSR count). The van der Waals surface area contributed by atoms with Crippen molar-refractivity contribution in [3.8, 4) is 0 Å². The first-order chi connectivity index (χ1) is 11.8. The standard InChI is InChI=1S/C16H20ClN3O3S2/c1-19(9-12-2-4-14(17)5-3-12)11-20-16(24)23-15(18-20)8-13-6-7-25(21,22)10-13/h2-5,13H,6-11H2,1H3/p+1/t13-/m1/s1. The van der Waals surface area contributed by atoms with Gasteiger partial charge in [-0.05, 0) is 36.7 Å². The van der Waals surface area contributed by atoms with Crippen LogP contribution in [-0.2, 0) is 29.5 Å². The maximum atomic E-state index is 11.6. The Kier molecular flexibility index (Phi) is 5.62. The number of rotatable bonds is 6. The molecule has 1 aliphatic rings. The van der Waals surface area contributed by atoms with Crippen LogP contribution in [0.3, 0.4) is 0 Å². The summed E-state index contributed by atoms with van der Waals surface area (Å²) in [6.45, 7) is 1.38. The van der Waals surface area contributed by atoms with Gasteiger partial charge >= 0.3 is 0 Å². The summed E-state index contributed by atoms with van der Waals surface area (Å²) >= 11 is 11.1. The van der Waals surface area contributed by atoms with Crippen LogP contribution in [0.25, 0.3) is 0 Å². The highest BCUT2D eigenvalue weighted by atomic mass is 35.5. The second-order valence-electron chi connectivity index (χ2n) is 6.65. The normalized spacial score (nSPS) is 20.6. The SMILES string of the molecule is C[NH+](Cc1ccc(Cl)cc1)Cn1nc(C[C@H]2CCS(=O)(=O)C2)oc1=S. The monoisotopic (exact) mass is 402 g/mol. The van der Waals surface area contributed by atoms with Crippen molar-refractivity contribution in [1.29, 1.82) is 0 Å². The predicted octanol–water partition coefficient (Wildman–Crippen LogP) is 1.51. The minimum absolute atomic E-state index is 0.0747. The van der Waals surface area contributed by atoms with E-state index in [-0.39, 0.29) is 17.4 Å². The van der Waals surface area contributed by atoms with E-state index < -0.39 is 9.84 Å². The molecular formula is C16H21ClN3O3S2+. The van der Waals surface area contributed by atoms with Gasteiger partial charge in [0.15, 0.2) is 16.5 Å². The molecule has 0 radical (unpaired) electrons. The zero-order valence-corrected chi connectivity index (χ0v) is 16.3. The van der Waals surface area contributed by atoms with Crippen LogP contribution in [0.15, 0.2) is 28.7 Å². The molecule has 2 heterocycles. The van der Waals surface area contributed by atoms with Crippen LogP contribution < -0.4 is 4.90 Å².